The van der Waals surface area contributed by atoms with Gasteiger partial charge in [-0.05, 0) is 47.5 Å². The van der Waals surface area contributed by atoms with Crippen molar-refractivity contribution in [2.24, 2.45) is 0 Å². The van der Waals surface area contributed by atoms with Crippen molar-refractivity contribution in [1.82, 2.24) is 10.2 Å². The first kappa shape index (κ1) is 14.7. The first-order chi connectivity index (χ1) is 11.8. The van der Waals surface area contributed by atoms with Crippen LogP contribution in [-0.4, -0.2) is 10.2 Å². The Labute approximate surface area is 144 Å². The fourth-order valence-electron chi connectivity index (χ4n) is 2.48. The Kier molecular flexibility index (Phi) is 3.85. The van der Waals surface area contributed by atoms with Gasteiger partial charge in [0, 0.05) is 16.1 Å². The summed E-state index contributed by atoms with van der Waals surface area (Å²) in [4.78, 5) is 0. The molecule has 0 amide bonds. The third kappa shape index (κ3) is 2.94. The van der Waals surface area contributed by atoms with Gasteiger partial charge in [-0.15, -0.1) is 10.2 Å². The third-order valence-electron chi connectivity index (χ3n) is 3.76. The second-order valence-electron chi connectivity index (χ2n) is 5.36. The highest BCUT2D eigenvalue weighted by Gasteiger charge is 2.10. The van der Waals surface area contributed by atoms with Crippen LogP contribution in [0.1, 0.15) is 0 Å². The molecule has 0 spiro atoms. The van der Waals surface area contributed by atoms with Crippen LogP contribution in [0, 0.1) is 0 Å². The maximum Gasteiger partial charge on any atom is 0.248 e. The lowest BCUT2D eigenvalue weighted by Crippen LogP contribution is -1.80. The topological polar surface area (TPSA) is 38.9 Å². The molecule has 1 aromatic heterocycles. The van der Waals surface area contributed by atoms with Gasteiger partial charge >= 0.3 is 0 Å². The molecule has 0 radical (unpaired) electrons. The van der Waals surface area contributed by atoms with Crippen molar-refractivity contribution in [3.8, 4) is 34.0 Å². The molecular weight excluding hydrogens is 320 g/mol. The van der Waals surface area contributed by atoms with Gasteiger partial charge in [0.1, 0.15) is 0 Å². The van der Waals surface area contributed by atoms with E-state index < -0.39 is 0 Å². The minimum atomic E-state index is 0.480. The van der Waals surface area contributed by atoms with Crippen LogP contribution in [0.5, 0.6) is 0 Å². The van der Waals surface area contributed by atoms with E-state index >= 15 is 0 Å². The first-order valence-electron chi connectivity index (χ1n) is 7.55. The fourth-order valence-corrected chi connectivity index (χ4v) is 2.61. The summed E-state index contributed by atoms with van der Waals surface area (Å²) < 4.78 is 5.78. The van der Waals surface area contributed by atoms with Crippen LogP contribution < -0.4 is 0 Å². The smallest absolute Gasteiger partial charge is 0.248 e. The molecule has 0 aliphatic rings. The molecule has 0 fully saturated rings. The maximum absolute atomic E-state index is 5.90. The lowest BCUT2D eigenvalue weighted by atomic mass is 10.0. The van der Waals surface area contributed by atoms with Crippen molar-refractivity contribution >= 4 is 11.6 Å². The molecule has 4 rings (SSSR count). The Morgan fingerprint density at radius 3 is 1.58 bits per heavy atom. The molecule has 0 unspecified atom stereocenters. The molecule has 4 heteroatoms. The zero-order valence-electron chi connectivity index (χ0n) is 12.7. The second kappa shape index (κ2) is 6.30. The molecule has 0 atom stereocenters. The van der Waals surface area contributed by atoms with Gasteiger partial charge in [0.05, 0.1) is 0 Å². The number of halogens is 1. The molecule has 1 heterocycles. The summed E-state index contributed by atoms with van der Waals surface area (Å²) in [5.74, 6) is 0.980. The zero-order valence-corrected chi connectivity index (χ0v) is 13.4. The Morgan fingerprint density at radius 2 is 1.00 bits per heavy atom. The number of hydrogen-bond acceptors (Lipinski definition) is 3. The Balaban J connectivity index is 1.62. The van der Waals surface area contributed by atoms with Crippen LogP contribution in [0.4, 0.5) is 0 Å². The highest BCUT2D eigenvalue weighted by atomic mass is 35.5. The monoisotopic (exact) mass is 332 g/mol. The molecule has 0 saturated heterocycles. The normalized spacial score (nSPS) is 10.7. The summed E-state index contributed by atoms with van der Waals surface area (Å²) in [6.45, 7) is 0. The number of nitrogens with zero attached hydrogens (tertiary/aromatic N) is 2. The lowest BCUT2D eigenvalue weighted by molar-refractivity contribution is 0.584. The summed E-state index contributed by atoms with van der Waals surface area (Å²) >= 11 is 5.90. The minimum absolute atomic E-state index is 0.480. The molecule has 0 bridgehead atoms. The van der Waals surface area contributed by atoms with Gasteiger partial charge in [0.2, 0.25) is 11.8 Å². The van der Waals surface area contributed by atoms with Crippen molar-refractivity contribution in [2.75, 3.05) is 0 Å². The van der Waals surface area contributed by atoms with Gasteiger partial charge < -0.3 is 4.42 Å². The predicted octanol–water partition coefficient (Wildman–Crippen LogP) is 5.72. The SMILES string of the molecule is Clc1ccc(-c2nnc(-c3ccc(-c4ccccc4)cc3)o2)cc1. The minimum Gasteiger partial charge on any atom is -0.416 e. The van der Waals surface area contributed by atoms with Crippen molar-refractivity contribution in [1.29, 1.82) is 0 Å². The maximum atomic E-state index is 5.90. The van der Waals surface area contributed by atoms with E-state index in [0.29, 0.717) is 16.8 Å². The van der Waals surface area contributed by atoms with Gasteiger partial charge in [0.15, 0.2) is 0 Å². The van der Waals surface area contributed by atoms with Crippen LogP contribution in [0.2, 0.25) is 5.02 Å². The average molecular weight is 333 g/mol. The van der Waals surface area contributed by atoms with Crippen LogP contribution >= 0.6 is 11.6 Å². The summed E-state index contributed by atoms with van der Waals surface area (Å²) in [5.41, 5.74) is 4.06. The van der Waals surface area contributed by atoms with Crippen LogP contribution in [0.25, 0.3) is 34.0 Å². The lowest BCUT2D eigenvalue weighted by Gasteiger charge is -2.02. The Bertz CT molecular complexity index is 945. The predicted molar refractivity (Wildman–Crippen MR) is 95.6 cm³/mol. The Morgan fingerprint density at radius 1 is 0.542 bits per heavy atom. The van der Waals surface area contributed by atoms with E-state index in [1.165, 1.54) is 5.56 Å². The molecule has 0 N–H and O–H groups in total. The largest absolute Gasteiger partial charge is 0.416 e. The molecule has 0 aliphatic carbocycles. The van der Waals surface area contributed by atoms with Gasteiger partial charge in [-0.25, -0.2) is 0 Å². The quantitative estimate of drug-likeness (QED) is 0.481. The average Bonchev–Trinajstić information content (AvgIpc) is 3.13. The summed E-state index contributed by atoms with van der Waals surface area (Å²) in [7, 11) is 0. The van der Waals surface area contributed by atoms with Crippen molar-refractivity contribution in [3.05, 3.63) is 83.9 Å². The molecule has 116 valence electrons. The molecule has 3 nitrogen and oxygen atoms in total. The van der Waals surface area contributed by atoms with Gasteiger partial charge in [-0.1, -0.05) is 54.1 Å². The Hall–Kier alpha value is -2.91. The van der Waals surface area contributed by atoms with Gasteiger partial charge in [0.25, 0.3) is 0 Å². The fraction of sp³-hybridized carbons (Fsp3) is 0. The molecule has 0 saturated carbocycles. The standard InChI is InChI=1S/C20H13ClN2O/c21-18-12-10-17(11-13-18)20-23-22-19(24-20)16-8-6-15(7-9-16)14-4-2-1-3-5-14/h1-13H. The van der Waals surface area contributed by atoms with Crippen LogP contribution in [-0.2, 0) is 0 Å². The summed E-state index contributed by atoms with van der Waals surface area (Å²) in [5, 5.41) is 8.93. The molecule has 3 aromatic carbocycles. The van der Waals surface area contributed by atoms with E-state index in [4.69, 9.17) is 16.0 Å². The first-order valence-corrected chi connectivity index (χ1v) is 7.93. The van der Waals surface area contributed by atoms with Crippen LogP contribution in [0.3, 0.4) is 0 Å². The molecule has 24 heavy (non-hydrogen) atoms. The molecule has 0 aliphatic heterocycles. The van der Waals surface area contributed by atoms with Gasteiger partial charge in [-0.2, -0.15) is 0 Å². The van der Waals surface area contributed by atoms with E-state index in [9.17, 15) is 0 Å². The van der Waals surface area contributed by atoms with Crippen molar-refractivity contribution in [3.63, 3.8) is 0 Å². The van der Waals surface area contributed by atoms with E-state index in [-0.39, 0.29) is 0 Å². The van der Waals surface area contributed by atoms with E-state index in [0.717, 1.165) is 16.7 Å². The van der Waals surface area contributed by atoms with Crippen molar-refractivity contribution in [2.45, 2.75) is 0 Å². The highest BCUT2D eigenvalue weighted by molar-refractivity contribution is 6.30. The summed E-state index contributed by atoms with van der Waals surface area (Å²) in [6.07, 6.45) is 0. The molecule has 4 aromatic rings. The van der Waals surface area contributed by atoms with Gasteiger partial charge in [-0.3, -0.25) is 0 Å². The second-order valence-corrected chi connectivity index (χ2v) is 5.80. The third-order valence-corrected chi connectivity index (χ3v) is 4.01. The van der Waals surface area contributed by atoms with E-state index in [2.05, 4.69) is 34.5 Å². The summed E-state index contributed by atoms with van der Waals surface area (Å²) in [6, 6.07) is 25.6. The highest BCUT2D eigenvalue weighted by Crippen LogP contribution is 2.27. The number of hydrogen-bond donors (Lipinski definition) is 0. The van der Waals surface area contributed by atoms with E-state index in [1.807, 2.05) is 42.5 Å². The number of aromatic nitrogens is 2. The van der Waals surface area contributed by atoms with Crippen LogP contribution in [0.15, 0.2) is 83.3 Å². The van der Waals surface area contributed by atoms with E-state index in [1.54, 1.807) is 12.1 Å². The zero-order chi connectivity index (χ0) is 16.4. The number of rotatable bonds is 3. The number of benzene rings is 3. The molecular formula is C20H13ClN2O. The van der Waals surface area contributed by atoms with Crippen molar-refractivity contribution < 1.29 is 4.42 Å².